The number of nitrogens with zero attached hydrogens (tertiary/aromatic N) is 3. The highest BCUT2D eigenvalue weighted by Gasteiger charge is 2.26. The Labute approximate surface area is 151 Å². The monoisotopic (exact) mass is 345 g/mol. The van der Waals surface area contributed by atoms with Crippen molar-refractivity contribution in [2.24, 2.45) is 5.92 Å². The van der Waals surface area contributed by atoms with Crippen molar-refractivity contribution in [3.8, 4) is 0 Å². The van der Waals surface area contributed by atoms with E-state index >= 15 is 0 Å². The molecule has 0 atom stereocenters. The summed E-state index contributed by atoms with van der Waals surface area (Å²) in [7, 11) is 0. The number of aromatic nitrogens is 3. The van der Waals surface area contributed by atoms with Crippen molar-refractivity contribution in [2.45, 2.75) is 19.3 Å². The van der Waals surface area contributed by atoms with E-state index in [2.05, 4.69) is 34.4 Å². The number of hydrogen-bond donors (Lipinski definition) is 0. The van der Waals surface area contributed by atoms with Crippen LogP contribution >= 0.6 is 0 Å². The van der Waals surface area contributed by atoms with Crippen molar-refractivity contribution in [1.82, 2.24) is 14.6 Å². The fourth-order valence-corrected chi connectivity index (χ4v) is 3.95. The summed E-state index contributed by atoms with van der Waals surface area (Å²) in [4.78, 5) is 17.4. The van der Waals surface area contributed by atoms with Gasteiger partial charge in [-0.2, -0.15) is 5.10 Å². The van der Waals surface area contributed by atoms with Crippen LogP contribution in [0.1, 0.15) is 40.0 Å². The molecule has 0 N–H and O–H groups in total. The molecule has 130 valence electrons. The average Bonchev–Trinajstić information content (AvgIpc) is 3.32. The van der Waals surface area contributed by atoms with Crippen molar-refractivity contribution in [3.05, 3.63) is 71.3 Å². The van der Waals surface area contributed by atoms with Crippen LogP contribution in [-0.4, -0.2) is 33.6 Å². The van der Waals surface area contributed by atoms with Crippen molar-refractivity contribution in [3.63, 3.8) is 0 Å². The summed E-state index contributed by atoms with van der Waals surface area (Å²) in [5.74, 6) is 0.221. The maximum atomic E-state index is 13.0. The Balaban J connectivity index is 1.55. The number of Topliss-reactive ketones (excluding diaryl/α,β-unsaturated/α-hetero) is 1. The molecule has 2 aliphatic rings. The molecule has 3 aromatic heterocycles. The van der Waals surface area contributed by atoms with Gasteiger partial charge in [0.1, 0.15) is 0 Å². The Morgan fingerprint density at radius 3 is 3.00 bits per heavy atom. The summed E-state index contributed by atoms with van der Waals surface area (Å²) in [5.41, 5.74) is 6.15. The normalized spacial score (nSPS) is 17.3. The van der Waals surface area contributed by atoms with Gasteiger partial charge in [-0.25, -0.2) is 4.52 Å². The lowest BCUT2D eigenvalue weighted by atomic mass is 9.91. The van der Waals surface area contributed by atoms with E-state index in [0.29, 0.717) is 18.8 Å². The Kier molecular flexibility index (Phi) is 3.68. The summed E-state index contributed by atoms with van der Waals surface area (Å²) in [5, 5.41) is 4.38. The van der Waals surface area contributed by atoms with Gasteiger partial charge in [-0.1, -0.05) is 12.1 Å². The molecule has 1 aliphatic carbocycles. The molecule has 5 rings (SSSR count). The molecule has 0 amide bonds. The van der Waals surface area contributed by atoms with Gasteiger partial charge in [0.25, 0.3) is 0 Å². The zero-order valence-corrected chi connectivity index (χ0v) is 14.4. The van der Waals surface area contributed by atoms with Gasteiger partial charge in [0, 0.05) is 43.5 Å². The van der Waals surface area contributed by atoms with Gasteiger partial charge in [0.05, 0.1) is 23.0 Å². The van der Waals surface area contributed by atoms with Gasteiger partial charge in [0.2, 0.25) is 0 Å². The molecule has 5 nitrogen and oxygen atoms in total. The fourth-order valence-electron chi connectivity index (χ4n) is 3.95. The van der Waals surface area contributed by atoms with Gasteiger partial charge in [0.15, 0.2) is 5.78 Å². The highest BCUT2D eigenvalue weighted by molar-refractivity contribution is 6.04. The second kappa shape index (κ2) is 6.18. The third kappa shape index (κ3) is 2.47. The van der Waals surface area contributed by atoms with Crippen molar-refractivity contribution >= 4 is 16.9 Å². The van der Waals surface area contributed by atoms with Crippen LogP contribution in [-0.2, 0) is 11.2 Å². The van der Waals surface area contributed by atoms with E-state index in [-0.39, 0.29) is 11.7 Å². The lowest BCUT2D eigenvalue weighted by Crippen LogP contribution is -2.23. The van der Waals surface area contributed by atoms with Crippen LogP contribution in [0.3, 0.4) is 0 Å². The van der Waals surface area contributed by atoms with Crippen LogP contribution < -0.4 is 0 Å². The van der Waals surface area contributed by atoms with Gasteiger partial charge < -0.3 is 4.74 Å². The average molecular weight is 345 g/mol. The molecule has 4 heterocycles. The lowest BCUT2D eigenvalue weighted by molar-refractivity contribution is 0.0546. The standard InChI is InChI=1S/C21H19N3O2/c25-21(14-6-10-26-11-7-14)18-13-23-24-9-5-15(12-20(18)24)16-3-4-19-17(16)2-1-8-22-19/h1-3,5,8-9,12-14H,4,6-7,10-11H2. The highest BCUT2D eigenvalue weighted by Crippen LogP contribution is 2.32. The van der Waals surface area contributed by atoms with Crippen molar-refractivity contribution in [2.75, 3.05) is 13.2 Å². The first-order valence-corrected chi connectivity index (χ1v) is 9.05. The van der Waals surface area contributed by atoms with Crippen LogP contribution in [0, 0.1) is 5.92 Å². The SMILES string of the molecule is O=C(c1cnn2ccc(C3=CCc4ncccc43)cc12)C1CCOCC1. The summed E-state index contributed by atoms with van der Waals surface area (Å²) >= 11 is 0. The largest absolute Gasteiger partial charge is 0.381 e. The number of carbonyl (C=O) groups excluding carboxylic acids is 1. The van der Waals surface area contributed by atoms with Crippen LogP contribution in [0.4, 0.5) is 0 Å². The lowest BCUT2D eigenvalue weighted by Gasteiger charge is -2.20. The molecule has 0 radical (unpaired) electrons. The van der Waals surface area contributed by atoms with Crippen molar-refractivity contribution < 1.29 is 9.53 Å². The Hall–Kier alpha value is -2.79. The molecule has 26 heavy (non-hydrogen) atoms. The first-order chi connectivity index (χ1) is 12.8. The maximum Gasteiger partial charge on any atom is 0.169 e. The second-order valence-corrected chi connectivity index (χ2v) is 6.87. The molecule has 0 unspecified atom stereocenters. The zero-order chi connectivity index (χ0) is 17.5. The van der Waals surface area contributed by atoms with E-state index in [0.717, 1.165) is 36.0 Å². The van der Waals surface area contributed by atoms with Gasteiger partial charge in [-0.05, 0) is 42.2 Å². The van der Waals surface area contributed by atoms with Crippen LogP contribution in [0.2, 0.25) is 0 Å². The second-order valence-electron chi connectivity index (χ2n) is 6.87. The molecule has 1 fully saturated rings. The van der Waals surface area contributed by atoms with E-state index in [4.69, 9.17) is 4.74 Å². The fraction of sp³-hybridized carbons (Fsp3) is 0.286. The Morgan fingerprint density at radius 1 is 1.23 bits per heavy atom. The topological polar surface area (TPSA) is 56.5 Å². The minimum Gasteiger partial charge on any atom is -0.381 e. The molecule has 5 heteroatoms. The predicted octanol–water partition coefficient (Wildman–Crippen LogP) is 3.33. The number of allylic oxidation sites excluding steroid dienone is 1. The third-order valence-electron chi connectivity index (χ3n) is 5.37. The van der Waals surface area contributed by atoms with E-state index in [1.54, 1.807) is 10.7 Å². The van der Waals surface area contributed by atoms with Gasteiger partial charge in [-0.15, -0.1) is 0 Å². The number of hydrogen-bond acceptors (Lipinski definition) is 4. The highest BCUT2D eigenvalue weighted by atomic mass is 16.5. The molecule has 0 spiro atoms. The summed E-state index contributed by atoms with van der Waals surface area (Å²) in [6, 6.07) is 8.20. The number of carbonyl (C=O) groups is 1. The molecule has 0 saturated carbocycles. The first kappa shape index (κ1) is 15.5. The number of fused-ring (bicyclic) bond motifs is 2. The quantitative estimate of drug-likeness (QED) is 0.683. The number of pyridine rings is 2. The molecule has 0 bridgehead atoms. The molecule has 1 saturated heterocycles. The molecule has 0 aromatic carbocycles. The summed E-state index contributed by atoms with van der Waals surface area (Å²) in [6.07, 6.45) is 10.1. The zero-order valence-electron chi connectivity index (χ0n) is 14.4. The number of rotatable bonds is 3. The van der Waals surface area contributed by atoms with Gasteiger partial charge >= 0.3 is 0 Å². The minimum atomic E-state index is 0.0380. The molecular formula is C21H19N3O2. The van der Waals surface area contributed by atoms with Crippen molar-refractivity contribution in [1.29, 1.82) is 0 Å². The summed E-state index contributed by atoms with van der Waals surface area (Å²) in [6.45, 7) is 1.33. The van der Waals surface area contributed by atoms with Crippen LogP contribution in [0.25, 0.3) is 11.1 Å². The third-order valence-corrected chi connectivity index (χ3v) is 5.37. The Morgan fingerprint density at radius 2 is 2.12 bits per heavy atom. The van der Waals surface area contributed by atoms with Crippen LogP contribution in [0.5, 0.6) is 0 Å². The molecular weight excluding hydrogens is 326 g/mol. The van der Waals surface area contributed by atoms with E-state index < -0.39 is 0 Å². The Bertz CT molecular complexity index is 1030. The van der Waals surface area contributed by atoms with Crippen LogP contribution in [0.15, 0.2) is 48.9 Å². The maximum absolute atomic E-state index is 13.0. The van der Waals surface area contributed by atoms with E-state index in [1.165, 1.54) is 11.1 Å². The smallest absolute Gasteiger partial charge is 0.169 e. The van der Waals surface area contributed by atoms with Gasteiger partial charge in [-0.3, -0.25) is 9.78 Å². The summed E-state index contributed by atoms with van der Waals surface area (Å²) < 4.78 is 7.18. The minimum absolute atomic E-state index is 0.0380. The number of ketones is 1. The predicted molar refractivity (Wildman–Crippen MR) is 98.1 cm³/mol. The molecule has 1 aliphatic heterocycles. The van der Waals surface area contributed by atoms with E-state index in [9.17, 15) is 4.79 Å². The number of ether oxygens (including phenoxy) is 1. The van der Waals surface area contributed by atoms with E-state index in [1.807, 2.05) is 18.5 Å². The molecule has 3 aromatic rings. The first-order valence-electron chi connectivity index (χ1n) is 9.05.